The molecule has 1 aromatic heterocycles. The van der Waals surface area contributed by atoms with Crippen LogP contribution in [-0.4, -0.2) is 4.98 Å². The third-order valence-electron chi connectivity index (χ3n) is 3.25. The second-order valence-corrected chi connectivity index (χ2v) is 4.56. The summed E-state index contributed by atoms with van der Waals surface area (Å²) < 4.78 is 0. The number of pyridine rings is 1. The highest BCUT2D eigenvalue weighted by Crippen LogP contribution is 2.23. The lowest BCUT2D eigenvalue weighted by Crippen LogP contribution is -1.99. The summed E-state index contributed by atoms with van der Waals surface area (Å²) in [6.07, 6.45) is 11.3. The molecule has 0 radical (unpaired) electrons. The Morgan fingerprint density at radius 3 is 2.50 bits per heavy atom. The first kappa shape index (κ1) is 13.2. The van der Waals surface area contributed by atoms with Crippen molar-refractivity contribution in [3.8, 4) is 0 Å². The van der Waals surface area contributed by atoms with Crippen molar-refractivity contribution in [1.29, 1.82) is 0 Å². The lowest BCUT2D eigenvalue weighted by molar-refractivity contribution is 0.527. The first-order valence-corrected chi connectivity index (χ1v) is 6.79. The van der Waals surface area contributed by atoms with Crippen LogP contribution >= 0.6 is 0 Å². The third kappa shape index (κ3) is 4.78. The molecular formula is C15H25N. The number of nitrogens with zero attached hydrogens (tertiary/aromatic N) is 1. The zero-order chi connectivity index (χ0) is 11.6. The highest BCUT2D eigenvalue weighted by Gasteiger charge is 2.09. The van der Waals surface area contributed by atoms with Crippen molar-refractivity contribution in [2.45, 2.75) is 64.7 Å². The average Bonchev–Trinajstić information content (AvgIpc) is 2.35. The standard InChI is InChI=1S/C15H25N/c1-3-5-6-7-8-11-14(4-2)15-12-9-10-13-16-15/h9-10,12-14H,3-8,11H2,1-2H3. The van der Waals surface area contributed by atoms with E-state index < -0.39 is 0 Å². The molecule has 1 aromatic rings. The van der Waals surface area contributed by atoms with Crippen LogP contribution in [0, 0.1) is 0 Å². The fraction of sp³-hybridized carbons (Fsp3) is 0.667. The topological polar surface area (TPSA) is 12.9 Å². The molecule has 0 aliphatic carbocycles. The summed E-state index contributed by atoms with van der Waals surface area (Å²) in [5.74, 6) is 0.669. The Labute approximate surface area is 100 Å². The maximum Gasteiger partial charge on any atom is 0.0434 e. The van der Waals surface area contributed by atoms with Crippen molar-refractivity contribution in [2.75, 3.05) is 0 Å². The van der Waals surface area contributed by atoms with E-state index in [2.05, 4.69) is 31.0 Å². The zero-order valence-corrected chi connectivity index (χ0v) is 10.8. The Bertz CT molecular complexity index is 255. The van der Waals surface area contributed by atoms with Gasteiger partial charge < -0.3 is 0 Å². The van der Waals surface area contributed by atoms with Gasteiger partial charge in [-0.1, -0.05) is 52.0 Å². The minimum absolute atomic E-state index is 0.669. The molecule has 1 heteroatoms. The van der Waals surface area contributed by atoms with Crippen LogP contribution in [0.25, 0.3) is 0 Å². The van der Waals surface area contributed by atoms with Gasteiger partial charge in [-0.25, -0.2) is 0 Å². The molecule has 0 N–H and O–H groups in total. The fourth-order valence-corrected chi connectivity index (χ4v) is 2.17. The zero-order valence-electron chi connectivity index (χ0n) is 10.8. The van der Waals surface area contributed by atoms with Gasteiger partial charge in [0.25, 0.3) is 0 Å². The molecule has 0 saturated heterocycles. The maximum absolute atomic E-state index is 4.46. The van der Waals surface area contributed by atoms with Crippen LogP contribution in [0.1, 0.15) is 70.4 Å². The van der Waals surface area contributed by atoms with E-state index >= 15 is 0 Å². The van der Waals surface area contributed by atoms with E-state index in [9.17, 15) is 0 Å². The number of hydrogen-bond acceptors (Lipinski definition) is 1. The summed E-state index contributed by atoms with van der Waals surface area (Å²) >= 11 is 0. The summed E-state index contributed by atoms with van der Waals surface area (Å²) in [6, 6.07) is 6.26. The van der Waals surface area contributed by atoms with E-state index in [0.29, 0.717) is 5.92 Å². The van der Waals surface area contributed by atoms with E-state index in [1.54, 1.807) is 0 Å². The van der Waals surface area contributed by atoms with Crippen molar-refractivity contribution in [3.05, 3.63) is 30.1 Å². The Balaban J connectivity index is 2.27. The van der Waals surface area contributed by atoms with Gasteiger partial charge in [0.2, 0.25) is 0 Å². The molecule has 0 aliphatic heterocycles. The van der Waals surface area contributed by atoms with Gasteiger partial charge in [0.1, 0.15) is 0 Å². The van der Waals surface area contributed by atoms with Crippen LogP contribution in [0.2, 0.25) is 0 Å². The van der Waals surface area contributed by atoms with Gasteiger partial charge in [0.15, 0.2) is 0 Å². The number of aromatic nitrogens is 1. The molecule has 0 amide bonds. The van der Waals surface area contributed by atoms with Crippen LogP contribution in [0.5, 0.6) is 0 Å². The summed E-state index contributed by atoms with van der Waals surface area (Å²) in [4.78, 5) is 4.46. The molecule has 0 aliphatic rings. The highest BCUT2D eigenvalue weighted by atomic mass is 14.7. The molecule has 16 heavy (non-hydrogen) atoms. The smallest absolute Gasteiger partial charge is 0.0434 e. The van der Waals surface area contributed by atoms with E-state index in [4.69, 9.17) is 0 Å². The second kappa shape index (κ2) is 8.32. The predicted octanol–water partition coefficient (Wildman–Crippen LogP) is 4.94. The molecule has 0 saturated carbocycles. The van der Waals surface area contributed by atoms with Gasteiger partial charge in [0, 0.05) is 17.8 Å². The SMILES string of the molecule is CCCCCCCC(CC)c1ccccn1. The Hall–Kier alpha value is -0.850. The molecular weight excluding hydrogens is 194 g/mol. The second-order valence-electron chi connectivity index (χ2n) is 4.56. The maximum atomic E-state index is 4.46. The minimum atomic E-state index is 0.669. The summed E-state index contributed by atoms with van der Waals surface area (Å²) in [6.45, 7) is 4.54. The lowest BCUT2D eigenvalue weighted by Gasteiger charge is -2.13. The van der Waals surface area contributed by atoms with Crippen molar-refractivity contribution in [3.63, 3.8) is 0 Å². The van der Waals surface area contributed by atoms with Gasteiger partial charge in [0.05, 0.1) is 0 Å². The van der Waals surface area contributed by atoms with Gasteiger partial charge in [-0.2, -0.15) is 0 Å². The average molecular weight is 219 g/mol. The lowest BCUT2D eigenvalue weighted by atomic mass is 9.94. The molecule has 0 bridgehead atoms. The Morgan fingerprint density at radius 2 is 1.88 bits per heavy atom. The molecule has 1 atom stereocenters. The highest BCUT2D eigenvalue weighted by molar-refractivity contribution is 5.08. The molecule has 1 nitrogen and oxygen atoms in total. The molecule has 90 valence electrons. The third-order valence-corrected chi connectivity index (χ3v) is 3.25. The van der Waals surface area contributed by atoms with Crippen LogP contribution in [0.15, 0.2) is 24.4 Å². The summed E-state index contributed by atoms with van der Waals surface area (Å²) in [5, 5.41) is 0. The molecule has 1 unspecified atom stereocenters. The quantitative estimate of drug-likeness (QED) is 0.565. The van der Waals surface area contributed by atoms with Crippen molar-refractivity contribution < 1.29 is 0 Å². The molecule has 1 heterocycles. The van der Waals surface area contributed by atoms with Crippen LogP contribution in [-0.2, 0) is 0 Å². The molecule has 0 fully saturated rings. The van der Waals surface area contributed by atoms with Crippen LogP contribution < -0.4 is 0 Å². The largest absolute Gasteiger partial charge is 0.261 e. The van der Waals surface area contributed by atoms with Gasteiger partial charge in [-0.3, -0.25) is 4.98 Å². The number of unbranched alkanes of at least 4 members (excludes halogenated alkanes) is 4. The van der Waals surface area contributed by atoms with Crippen LogP contribution in [0.4, 0.5) is 0 Å². The first-order chi connectivity index (χ1) is 7.88. The van der Waals surface area contributed by atoms with Gasteiger partial charge >= 0.3 is 0 Å². The normalized spacial score (nSPS) is 12.6. The van der Waals surface area contributed by atoms with E-state index in [1.165, 1.54) is 50.6 Å². The Morgan fingerprint density at radius 1 is 1.06 bits per heavy atom. The van der Waals surface area contributed by atoms with E-state index in [1.807, 2.05) is 12.3 Å². The Kier molecular flexibility index (Phi) is 6.87. The number of rotatable bonds is 8. The van der Waals surface area contributed by atoms with Gasteiger partial charge in [-0.05, 0) is 25.0 Å². The van der Waals surface area contributed by atoms with Crippen LogP contribution in [0.3, 0.4) is 0 Å². The van der Waals surface area contributed by atoms with E-state index in [-0.39, 0.29) is 0 Å². The van der Waals surface area contributed by atoms with Crippen molar-refractivity contribution >= 4 is 0 Å². The monoisotopic (exact) mass is 219 g/mol. The molecule has 1 rings (SSSR count). The van der Waals surface area contributed by atoms with E-state index in [0.717, 1.165) is 0 Å². The molecule has 0 spiro atoms. The van der Waals surface area contributed by atoms with Crippen molar-refractivity contribution in [1.82, 2.24) is 4.98 Å². The van der Waals surface area contributed by atoms with Gasteiger partial charge in [-0.15, -0.1) is 0 Å². The first-order valence-electron chi connectivity index (χ1n) is 6.79. The summed E-state index contributed by atoms with van der Waals surface area (Å²) in [5.41, 5.74) is 1.28. The summed E-state index contributed by atoms with van der Waals surface area (Å²) in [7, 11) is 0. The number of hydrogen-bond donors (Lipinski definition) is 0. The predicted molar refractivity (Wildman–Crippen MR) is 70.6 cm³/mol. The minimum Gasteiger partial charge on any atom is -0.261 e. The van der Waals surface area contributed by atoms with Crippen molar-refractivity contribution in [2.24, 2.45) is 0 Å². The fourth-order valence-electron chi connectivity index (χ4n) is 2.17. The molecule has 0 aromatic carbocycles.